The lowest BCUT2D eigenvalue weighted by Gasteiger charge is -2.17. The van der Waals surface area contributed by atoms with Gasteiger partial charge in [-0.3, -0.25) is 0 Å². The maximum absolute atomic E-state index is 12.9. The molecule has 2 aromatic rings. The number of hydrogen-bond acceptors (Lipinski definition) is 3. The molecule has 1 aromatic heterocycles. The van der Waals surface area contributed by atoms with Gasteiger partial charge in [-0.2, -0.15) is 13.2 Å². The molecule has 0 aliphatic heterocycles. The SMILES string of the molecule is OC(c1cncnc1)c1ccc(Br)cc1C(F)(F)F. The first-order valence-corrected chi connectivity index (χ1v) is 5.98. The Morgan fingerprint density at radius 3 is 2.37 bits per heavy atom. The van der Waals surface area contributed by atoms with Crippen LogP contribution in [0.1, 0.15) is 22.8 Å². The van der Waals surface area contributed by atoms with Gasteiger partial charge in [0.2, 0.25) is 0 Å². The molecule has 0 radical (unpaired) electrons. The summed E-state index contributed by atoms with van der Waals surface area (Å²) in [4.78, 5) is 7.36. The van der Waals surface area contributed by atoms with Gasteiger partial charge in [0.15, 0.2) is 0 Å². The normalized spacial score (nSPS) is 13.3. The van der Waals surface area contributed by atoms with Crippen molar-refractivity contribution in [3.8, 4) is 0 Å². The summed E-state index contributed by atoms with van der Waals surface area (Å²) in [5.74, 6) is 0. The Labute approximate surface area is 115 Å². The third-order valence-corrected chi connectivity index (χ3v) is 3.00. The van der Waals surface area contributed by atoms with E-state index >= 15 is 0 Å². The van der Waals surface area contributed by atoms with Crippen molar-refractivity contribution >= 4 is 15.9 Å². The van der Waals surface area contributed by atoms with Gasteiger partial charge in [0.05, 0.1) is 5.56 Å². The predicted octanol–water partition coefficient (Wildman–Crippen LogP) is 3.34. The van der Waals surface area contributed by atoms with Crippen LogP contribution in [0.3, 0.4) is 0 Å². The highest BCUT2D eigenvalue weighted by molar-refractivity contribution is 9.10. The van der Waals surface area contributed by atoms with Crippen molar-refractivity contribution < 1.29 is 18.3 Å². The van der Waals surface area contributed by atoms with Crippen LogP contribution in [0.2, 0.25) is 0 Å². The number of aliphatic hydroxyl groups excluding tert-OH is 1. The number of halogens is 4. The summed E-state index contributed by atoms with van der Waals surface area (Å²) in [6.07, 6.45) is -2.18. The summed E-state index contributed by atoms with van der Waals surface area (Å²) >= 11 is 2.99. The van der Waals surface area contributed by atoms with Crippen molar-refractivity contribution in [2.75, 3.05) is 0 Å². The van der Waals surface area contributed by atoms with Crippen LogP contribution in [0.5, 0.6) is 0 Å². The lowest BCUT2D eigenvalue weighted by Crippen LogP contribution is -2.13. The highest BCUT2D eigenvalue weighted by atomic mass is 79.9. The van der Waals surface area contributed by atoms with Crippen molar-refractivity contribution in [2.45, 2.75) is 12.3 Å². The smallest absolute Gasteiger partial charge is 0.384 e. The van der Waals surface area contributed by atoms with Crippen molar-refractivity contribution in [1.82, 2.24) is 9.97 Å². The molecule has 0 aliphatic carbocycles. The summed E-state index contributed by atoms with van der Waals surface area (Å²) < 4.78 is 39.1. The number of alkyl halides is 3. The van der Waals surface area contributed by atoms with Gasteiger partial charge in [0, 0.05) is 22.4 Å². The maximum Gasteiger partial charge on any atom is 0.416 e. The lowest BCUT2D eigenvalue weighted by atomic mass is 9.98. The molecule has 0 saturated heterocycles. The molecular weight excluding hydrogens is 325 g/mol. The van der Waals surface area contributed by atoms with E-state index in [1.54, 1.807) is 0 Å². The van der Waals surface area contributed by atoms with Crippen molar-refractivity contribution in [3.63, 3.8) is 0 Å². The fraction of sp³-hybridized carbons (Fsp3) is 0.167. The summed E-state index contributed by atoms with van der Waals surface area (Å²) in [6.45, 7) is 0. The minimum atomic E-state index is -4.55. The average molecular weight is 333 g/mol. The van der Waals surface area contributed by atoms with Gasteiger partial charge in [0.1, 0.15) is 12.4 Å². The molecule has 0 spiro atoms. The zero-order valence-electron chi connectivity index (χ0n) is 9.39. The highest BCUT2D eigenvalue weighted by Gasteiger charge is 2.35. The quantitative estimate of drug-likeness (QED) is 0.917. The van der Waals surface area contributed by atoms with E-state index in [1.807, 2.05) is 0 Å². The van der Waals surface area contributed by atoms with Crippen LogP contribution < -0.4 is 0 Å². The molecule has 19 heavy (non-hydrogen) atoms. The Morgan fingerprint density at radius 1 is 1.16 bits per heavy atom. The fourth-order valence-corrected chi connectivity index (χ4v) is 2.00. The Bertz CT molecular complexity index is 575. The monoisotopic (exact) mass is 332 g/mol. The van der Waals surface area contributed by atoms with Crippen LogP contribution in [-0.4, -0.2) is 15.1 Å². The second-order valence-corrected chi connectivity index (χ2v) is 4.72. The third kappa shape index (κ3) is 3.10. The van der Waals surface area contributed by atoms with Crippen LogP contribution in [0.25, 0.3) is 0 Å². The van der Waals surface area contributed by atoms with Gasteiger partial charge < -0.3 is 5.11 Å². The summed E-state index contributed by atoms with van der Waals surface area (Å²) in [5, 5.41) is 10.0. The van der Waals surface area contributed by atoms with Gasteiger partial charge in [-0.15, -0.1) is 0 Å². The van der Waals surface area contributed by atoms with Crippen LogP contribution in [0.4, 0.5) is 13.2 Å². The molecule has 100 valence electrons. The van der Waals surface area contributed by atoms with E-state index in [1.165, 1.54) is 30.9 Å². The second-order valence-electron chi connectivity index (χ2n) is 3.80. The fourth-order valence-electron chi connectivity index (χ4n) is 1.64. The third-order valence-electron chi connectivity index (χ3n) is 2.51. The zero-order chi connectivity index (χ0) is 14.0. The van der Waals surface area contributed by atoms with Crippen molar-refractivity contribution in [1.29, 1.82) is 0 Å². The van der Waals surface area contributed by atoms with E-state index < -0.39 is 17.8 Å². The standard InChI is InChI=1S/C12H8BrF3N2O/c13-8-1-2-9(10(3-8)12(14,15)16)11(19)7-4-17-6-18-5-7/h1-6,11,19H. The molecule has 0 amide bonds. The topological polar surface area (TPSA) is 46.0 Å². The van der Waals surface area contributed by atoms with Crippen LogP contribution in [0.15, 0.2) is 41.4 Å². The Balaban J connectivity index is 2.51. The van der Waals surface area contributed by atoms with E-state index in [-0.39, 0.29) is 11.1 Å². The summed E-state index contributed by atoms with van der Waals surface area (Å²) in [7, 11) is 0. The van der Waals surface area contributed by atoms with Crippen LogP contribution >= 0.6 is 15.9 Å². The molecule has 1 unspecified atom stereocenters. The zero-order valence-corrected chi connectivity index (χ0v) is 11.0. The molecule has 2 rings (SSSR count). The molecule has 0 aliphatic rings. The minimum absolute atomic E-state index is 0.204. The van der Waals surface area contributed by atoms with Crippen molar-refractivity contribution in [3.05, 3.63) is 58.1 Å². The van der Waals surface area contributed by atoms with Gasteiger partial charge in [-0.1, -0.05) is 22.0 Å². The molecule has 1 N–H and O–H groups in total. The highest BCUT2D eigenvalue weighted by Crippen LogP contribution is 2.37. The van der Waals surface area contributed by atoms with Gasteiger partial charge in [0.25, 0.3) is 0 Å². The number of benzene rings is 1. The largest absolute Gasteiger partial charge is 0.416 e. The molecular formula is C12H8BrF3N2O. The molecule has 1 heterocycles. The second kappa shape index (κ2) is 5.26. The molecule has 1 aromatic carbocycles. The number of nitrogens with zero attached hydrogens (tertiary/aromatic N) is 2. The minimum Gasteiger partial charge on any atom is -0.384 e. The Kier molecular flexibility index (Phi) is 3.86. The Hall–Kier alpha value is -1.47. The van der Waals surface area contributed by atoms with E-state index in [2.05, 4.69) is 25.9 Å². The molecule has 1 atom stereocenters. The van der Waals surface area contributed by atoms with Gasteiger partial charge >= 0.3 is 6.18 Å². The van der Waals surface area contributed by atoms with Gasteiger partial charge in [-0.25, -0.2) is 9.97 Å². The van der Waals surface area contributed by atoms with Gasteiger partial charge in [-0.05, 0) is 17.7 Å². The number of aromatic nitrogens is 2. The number of aliphatic hydroxyl groups is 1. The number of rotatable bonds is 2. The van der Waals surface area contributed by atoms with E-state index in [0.717, 1.165) is 6.07 Å². The number of hydrogen-bond donors (Lipinski definition) is 1. The van der Waals surface area contributed by atoms with E-state index in [0.29, 0.717) is 4.47 Å². The molecule has 0 saturated carbocycles. The first-order valence-electron chi connectivity index (χ1n) is 5.19. The predicted molar refractivity (Wildman–Crippen MR) is 65.2 cm³/mol. The van der Waals surface area contributed by atoms with E-state index in [9.17, 15) is 18.3 Å². The summed E-state index contributed by atoms with van der Waals surface area (Å²) in [6, 6.07) is 3.60. The molecule has 0 fully saturated rings. The van der Waals surface area contributed by atoms with Crippen LogP contribution in [-0.2, 0) is 6.18 Å². The average Bonchev–Trinajstić information content (AvgIpc) is 2.38. The first-order chi connectivity index (χ1) is 8.89. The lowest BCUT2D eigenvalue weighted by molar-refractivity contribution is -0.139. The Morgan fingerprint density at radius 2 is 1.79 bits per heavy atom. The first kappa shape index (κ1) is 14.0. The molecule has 3 nitrogen and oxygen atoms in total. The van der Waals surface area contributed by atoms with Crippen molar-refractivity contribution in [2.24, 2.45) is 0 Å². The van der Waals surface area contributed by atoms with E-state index in [4.69, 9.17) is 0 Å². The summed E-state index contributed by atoms with van der Waals surface area (Å²) in [5.41, 5.74) is -0.918. The maximum atomic E-state index is 12.9. The molecule has 0 bridgehead atoms. The van der Waals surface area contributed by atoms with Crippen LogP contribution in [0, 0.1) is 0 Å². The molecule has 7 heteroatoms.